The van der Waals surface area contributed by atoms with E-state index in [0.717, 1.165) is 0 Å². The lowest BCUT2D eigenvalue weighted by Crippen LogP contribution is -2.57. The molecule has 3 aliphatic heterocycles. The highest BCUT2D eigenvalue weighted by molar-refractivity contribution is 6.35. The van der Waals surface area contributed by atoms with E-state index < -0.39 is 11.9 Å². The molecule has 36 heavy (non-hydrogen) atoms. The number of phenols is 1. The molecule has 3 aliphatic rings. The summed E-state index contributed by atoms with van der Waals surface area (Å²) >= 11 is 6.70. The third-order valence-corrected chi connectivity index (χ3v) is 6.89. The fourth-order valence-electron chi connectivity index (χ4n) is 4.75. The standard InChI is InChI=1S/C24H25ClFN5O5/c25-20-21(18-15(26)2-1-3-16(18)32)28-23(29-8-10-35-11-9-29)19-22(20)36-13-14-12-30(17(33)4-5-27)6-7-31(14)24(19)34/h1-5,14,32H,6-13,27H2/b5-4+/t14-/m1/s1. The lowest BCUT2D eigenvalue weighted by molar-refractivity contribution is -0.128. The molecule has 1 aromatic heterocycles. The van der Waals surface area contributed by atoms with Crippen molar-refractivity contribution in [1.29, 1.82) is 0 Å². The van der Waals surface area contributed by atoms with Gasteiger partial charge >= 0.3 is 0 Å². The first-order chi connectivity index (χ1) is 17.4. The number of nitrogens with zero attached hydrogens (tertiary/aromatic N) is 4. The van der Waals surface area contributed by atoms with Crippen molar-refractivity contribution in [3.05, 3.63) is 46.9 Å². The molecule has 0 spiro atoms. The van der Waals surface area contributed by atoms with Crippen LogP contribution in [0.25, 0.3) is 11.3 Å². The van der Waals surface area contributed by atoms with Crippen molar-refractivity contribution in [1.82, 2.24) is 14.8 Å². The normalized spacial score (nSPS) is 20.1. The number of carbonyl (C=O) groups is 2. The number of halogens is 2. The molecule has 2 aromatic rings. The molecule has 0 aliphatic carbocycles. The first-order valence-electron chi connectivity index (χ1n) is 11.6. The minimum Gasteiger partial charge on any atom is -0.507 e. The molecule has 2 saturated heterocycles. The Morgan fingerprint density at radius 2 is 2.00 bits per heavy atom. The molecule has 0 saturated carbocycles. The summed E-state index contributed by atoms with van der Waals surface area (Å²) in [5.74, 6) is -1.28. The Hall–Kier alpha value is -3.57. The van der Waals surface area contributed by atoms with Gasteiger partial charge in [0.05, 0.1) is 24.8 Å². The molecule has 0 bridgehead atoms. The van der Waals surface area contributed by atoms with Crippen LogP contribution in [-0.4, -0.2) is 90.3 Å². The molecule has 0 unspecified atom stereocenters. The van der Waals surface area contributed by atoms with Gasteiger partial charge in [-0.1, -0.05) is 17.7 Å². The fourth-order valence-corrected chi connectivity index (χ4v) is 5.04. The number of hydrogen-bond acceptors (Lipinski definition) is 8. The van der Waals surface area contributed by atoms with Gasteiger partial charge in [-0.2, -0.15) is 0 Å². The summed E-state index contributed by atoms with van der Waals surface area (Å²) < 4.78 is 26.4. The minimum atomic E-state index is -0.711. The van der Waals surface area contributed by atoms with Gasteiger partial charge in [-0.15, -0.1) is 0 Å². The van der Waals surface area contributed by atoms with Crippen molar-refractivity contribution in [2.75, 3.05) is 57.4 Å². The van der Waals surface area contributed by atoms with Gasteiger partial charge < -0.3 is 35.0 Å². The van der Waals surface area contributed by atoms with Crippen molar-refractivity contribution in [2.24, 2.45) is 5.73 Å². The van der Waals surface area contributed by atoms with Gasteiger partial charge in [0.2, 0.25) is 5.91 Å². The summed E-state index contributed by atoms with van der Waals surface area (Å²) in [5, 5.41) is 10.4. The lowest BCUT2D eigenvalue weighted by Gasteiger charge is -2.39. The number of ether oxygens (including phenoxy) is 2. The van der Waals surface area contributed by atoms with Crippen molar-refractivity contribution in [2.45, 2.75) is 6.04 Å². The molecular weight excluding hydrogens is 493 g/mol. The zero-order valence-electron chi connectivity index (χ0n) is 19.3. The van der Waals surface area contributed by atoms with E-state index in [9.17, 15) is 19.1 Å². The summed E-state index contributed by atoms with van der Waals surface area (Å²) in [5.41, 5.74) is 5.33. The number of anilines is 1. The SMILES string of the molecule is N/C=C/C(=O)N1CCN2C(=O)c3c(N4CCOCC4)nc(-c4c(O)cccc4F)c(Cl)c3OC[C@H]2C1. The second kappa shape index (κ2) is 9.82. The van der Waals surface area contributed by atoms with Crippen LogP contribution in [0.1, 0.15) is 10.4 Å². The lowest BCUT2D eigenvalue weighted by atomic mass is 10.0. The number of rotatable bonds is 3. The molecular formula is C24H25ClFN5O5. The maximum atomic E-state index is 14.8. The Bertz CT molecular complexity index is 1220. The van der Waals surface area contributed by atoms with Crippen LogP contribution in [0.2, 0.25) is 5.02 Å². The Kier molecular flexibility index (Phi) is 6.59. The summed E-state index contributed by atoms with van der Waals surface area (Å²) in [7, 11) is 0. The second-order valence-electron chi connectivity index (χ2n) is 8.64. The van der Waals surface area contributed by atoms with Crippen LogP contribution in [0.3, 0.4) is 0 Å². The van der Waals surface area contributed by atoms with Gasteiger partial charge in [0.15, 0.2) is 5.75 Å². The maximum Gasteiger partial charge on any atom is 0.261 e. The molecule has 2 fully saturated rings. The smallest absolute Gasteiger partial charge is 0.261 e. The molecule has 3 N–H and O–H groups in total. The number of aromatic hydroxyl groups is 1. The summed E-state index contributed by atoms with van der Waals surface area (Å²) in [4.78, 5) is 36.0. The number of phenolic OH excluding ortho intramolecular Hbond substituents is 1. The number of benzene rings is 1. The van der Waals surface area contributed by atoms with Gasteiger partial charge in [0.25, 0.3) is 5.91 Å². The molecule has 4 heterocycles. The maximum absolute atomic E-state index is 14.8. The van der Waals surface area contributed by atoms with E-state index in [1.54, 1.807) is 9.80 Å². The molecule has 10 nitrogen and oxygen atoms in total. The van der Waals surface area contributed by atoms with Crippen LogP contribution in [0, 0.1) is 5.82 Å². The summed E-state index contributed by atoms with van der Waals surface area (Å²) in [6.07, 6.45) is 2.45. The molecule has 12 heteroatoms. The second-order valence-corrected chi connectivity index (χ2v) is 9.02. The van der Waals surface area contributed by atoms with E-state index >= 15 is 0 Å². The van der Waals surface area contributed by atoms with Gasteiger partial charge in [-0.25, -0.2) is 9.37 Å². The number of hydrogen-bond donors (Lipinski definition) is 2. The van der Waals surface area contributed by atoms with E-state index in [1.807, 2.05) is 4.90 Å². The topological polar surface area (TPSA) is 121 Å². The number of amides is 2. The number of morpholine rings is 1. The number of fused-ring (bicyclic) bond motifs is 2. The molecule has 190 valence electrons. The summed E-state index contributed by atoms with van der Waals surface area (Å²) in [6, 6.07) is 3.47. The van der Waals surface area contributed by atoms with E-state index in [2.05, 4.69) is 4.98 Å². The number of carbonyl (C=O) groups excluding carboxylic acids is 2. The van der Waals surface area contributed by atoms with Gasteiger partial charge in [0.1, 0.15) is 40.3 Å². The van der Waals surface area contributed by atoms with Crippen molar-refractivity contribution < 1.29 is 28.6 Å². The highest BCUT2D eigenvalue weighted by Crippen LogP contribution is 2.46. The van der Waals surface area contributed by atoms with Crippen LogP contribution in [0.15, 0.2) is 30.5 Å². The van der Waals surface area contributed by atoms with E-state index in [4.69, 9.17) is 26.8 Å². The first-order valence-corrected chi connectivity index (χ1v) is 11.9. The number of nitrogens with two attached hydrogens (primary N) is 1. The zero-order valence-corrected chi connectivity index (χ0v) is 20.1. The van der Waals surface area contributed by atoms with Crippen molar-refractivity contribution in [3.63, 3.8) is 0 Å². The molecule has 5 rings (SSSR count). The average molecular weight is 518 g/mol. The van der Waals surface area contributed by atoms with Gasteiger partial charge in [0, 0.05) is 38.8 Å². The van der Waals surface area contributed by atoms with Crippen LogP contribution in [-0.2, 0) is 9.53 Å². The quantitative estimate of drug-likeness (QED) is 0.589. The van der Waals surface area contributed by atoms with Crippen LogP contribution in [0.5, 0.6) is 11.5 Å². The predicted molar refractivity (Wildman–Crippen MR) is 130 cm³/mol. The summed E-state index contributed by atoms with van der Waals surface area (Å²) in [6.45, 7) is 2.68. The molecule has 2 amide bonds. The van der Waals surface area contributed by atoms with Crippen LogP contribution < -0.4 is 15.4 Å². The highest BCUT2D eigenvalue weighted by atomic mass is 35.5. The van der Waals surface area contributed by atoms with Crippen molar-refractivity contribution in [3.8, 4) is 22.8 Å². The van der Waals surface area contributed by atoms with Crippen molar-refractivity contribution >= 4 is 29.2 Å². The number of piperazine rings is 1. The highest BCUT2D eigenvalue weighted by Gasteiger charge is 2.41. The van der Waals surface area contributed by atoms with Gasteiger partial charge in [-0.3, -0.25) is 9.59 Å². The monoisotopic (exact) mass is 517 g/mol. The third kappa shape index (κ3) is 4.18. The van der Waals surface area contributed by atoms with E-state index in [1.165, 1.54) is 30.5 Å². The third-order valence-electron chi connectivity index (χ3n) is 6.54. The predicted octanol–water partition coefficient (Wildman–Crippen LogP) is 1.60. The first kappa shape index (κ1) is 24.1. The zero-order chi connectivity index (χ0) is 25.4. The van der Waals surface area contributed by atoms with E-state index in [0.29, 0.717) is 32.8 Å². The largest absolute Gasteiger partial charge is 0.507 e. The molecule has 1 atom stereocenters. The molecule has 1 aromatic carbocycles. The average Bonchev–Trinajstić information content (AvgIpc) is 3.02. The Labute approximate surface area is 211 Å². The fraction of sp³-hybridized carbons (Fsp3) is 0.375. The Morgan fingerprint density at radius 3 is 2.72 bits per heavy atom. The Morgan fingerprint density at radius 1 is 1.22 bits per heavy atom. The minimum absolute atomic E-state index is 0.0231. The van der Waals surface area contributed by atoms with Crippen LogP contribution >= 0.6 is 11.6 Å². The van der Waals surface area contributed by atoms with Gasteiger partial charge in [-0.05, 0) is 18.3 Å². The van der Waals surface area contributed by atoms with Crippen LogP contribution in [0.4, 0.5) is 10.2 Å². The molecule has 0 radical (unpaired) electrons. The van der Waals surface area contributed by atoms with E-state index in [-0.39, 0.29) is 70.7 Å². The number of pyridine rings is 1. The number of aromatic nitrogens is 1. The Balaban J connectivity index is 1.62.